The molecule has 7 heteroatoms. The maximum absolute atomic E-state index is 12.7. The highest BCUT2D eigenvalue weighted by Crippen LogP contribution is 2.33. The average Bonchev–Trinajstić information content (AvgIpc) is 2.65. The fraction of sp³-hybridized carbons (Fsp3) is 0.636. The van der Waals surface area contributed by atoms with Crippen molar-refractivity contribution in [3.63, 3.8) is 0 Å². The molecule has 2 aliphatic heterocycles. The molecule has 0 spiro atoms. The molecule has 0 saturated carbocycles. The average molecular weight is 405 g/mol. The lowest BCUT2D eigenvalue weighted by molar-refractivity contribution is -0.0801. The summed E-state index contributed by atoms with van der Waals surface area (Å²) < 4.78 is 16.5. The van der Waals surface area contributed by atoms with E-state index in [1.807, 2.05) is 56.0 Å². The molecule has 160 valence electrons. The summed E-state index contributed by atoms with van der Waals surface area (Å²) in [6.07, 6.45) is 1.92. The van der Waals surface area contributed by atoms with Crippen LogP contribution >= 0.6 is 0 Å². The predicted octanol–water partition coefficient (Wildman–Crippen LogP) is 3.72. The summed E-state index contributed by atoms with van der Waals surface area (Å²) >= 11 is 0. The molecule has 7 nitrogen and oxygen atoms in total. The summed E-state index contributed by atoms with van der Waals surface area (Å²) in [6, 6.07) is 9.75. The normalized spacial score (nSPS) is 24.0. The van der Waals surface area contributed by atoms with E-state index < -0.39 is 5.60 Å². The Hall–Kier alpha value is -2.28. The van der Waals surface area contributed by atoms with Crippen LogP contribution in [0.15, 0.2) is 30.3 Å². The third kappa shape index (κ3) is 6.35. The highest BCUT2D eigenvalue weighted by atomic mass is 16.6. The highest BCUT2D eigenvalue weighted by Gasteiger charge is 2.42. The van der Waals surface area contributed by atoms with Crippen molar-refractivity contribution >= 4 is 12.2 Å². The molecule has 2 bridgehead atoms. The maximum Gasteiger partial charge on any atom is 0.410 e. The zero-order valence-corrected chi connectivity index (χ0v) is 17.6. The van der Waals surface area contributed by atoms with Gasteiger partial charge < -0.3 is 19.5 Å². The van der Waals surface area contributed by atoms with Gasteiger partial charge in [0.1, 0.15) is 12.2 Å². The quantitative estimate of drug-likeness (QED) is 0.809. The Bertz CT molecular complexity index is 674. The topological polar surface area (TPSA) is 77.1 Å². The van der Waals surface area contributed by atoms with Crippen LogP contribution in [-0.4, -0.2) is 54.5 Å². The van der Waals surface area contributed by atoms with Gasteiger partial charge in [-0.25, -0.2) is 9.59 Å². The number of nitrogens with one attached hydrogen (secondary N) is 1. The van der Waals surface area contributed by atoms with Crippen LogP contribution in [0.1, 0.15) is 45.6 Å². The second kappa shape index (κ2) is 9.48. The highest BCUT2D eigenvalue weighted by molar-refractivity contribution is 5.69. The first-order valence-corrected chi connectivity index (χ1v) is 10.4. The lowest BCUT2D eigenvalue weighted by atomic mass is 9.83. The van der Waals surface area contributed by atoms with Crippen molar-refractivity contribution in [2.45, 2.75) is 64.3 Å². The van der Waals surface area contributed by atoms with Crippen LogP contribution in [0.3, 0.4) is 0 Å². The monoisotopic (exact) mass is 404 g/mol. The van der Waals surface area contributed by atoms with E-state index in [4.69, 9.17) is 14.2 Å². The number of alkyl carbamates (subject to hydrolysis) is 1. The fourth-order valence-electron chi connectivity index (χ4n) is 4.05. The molecule has 2 atom stereocenters. The number of morpholine rings is 1. The third-order valence-electron chi connectivity index (χ3n) is 5.25. The number of rotatable bonds is 5. The Morgan fingerprint density at radius 3 is 2.41 bits per heavy atom. The van der Waals surface area contributed by atoms with Crippen molar-refractivity contribution in [2.75, 3.05) is 19.8 Å². The second-order valence-electron chi connectivity index (χ2n) is 8.85. The molecule has 2 aliphatic rings. The van der Waals surface area contributed by atoms with Gasteiger partial charge >= 0.3 is 12.2 Å². The Labute approximate surface area is 172 Å². The molecule has 0 aromatic heterocycles. The second-order valence-corrected chi connectivity index (χ2v) is 8.85. The first kappa shape index (κ1) is 21.4. The van der Waals surface area contributed by atoms with Gasteiger partial charge in [0.25, 0.3) is 0 Å². The van der Waals surface area contributed by atoms with Gasteiger partial charge in [0.05, 0.1) is 25.3 Å². The van der Waals surface area contributed by atoms with Crippen LogP contribution in [-0.2, 0) is 20.8 Å². The smallest absolute Gasteiger partial charge is 0.410 e. The summed E-state index contributed by atoms with van der Waals surface area (Å²) in [5.41, 5.74) is 0.481. The van der Waals surface area contributed by atoms with Gasteiger partial charge in [0.15, 0.2) is 0 Å². The van der Waals surface area contributed by atoms with Gasteiger partial charge in [-0.3, -0.25) is 4.90 Å². The van der Waals surface area contributed by atoms with Gasteiger partial charge in [0.2, 0.25) is 0 Å². The van der Waals surface area contributed by atoms with E-state index in [1.54, 1.807) is 0 Å². The molecular formula is C22H32N2O5. The molecule has 0 aliphatic carbocycles. The third-order valence-corrected chi connectivity index (χ3v) is 5.25. The van der Waals surface area contributed by atoms with E-state index in [0.29, 0.717) is 25.7 Å². The number of ether oxygens (including phenoxy) is 3. The van der Waals surface area contributed by atoms with Crippen LogP contribution in [0.5, 0.6) is 0 Å². The molecule has 2 heterocycles. The number of hydrogen-bond acceptors (Lipinski definition) is 5. The molecular weight excluding hydrogens is 372 g/mol. The molecule has 1 N–H and O–H groups in total. The zero-order valence-electron chi connectivity index (χ0n) is 17.6. The number of benzene rings is 1. The zero-order chi connectivity index (χ0) is 20.9. The molecule has 2 fully saturated rings. The van der Waals surface area contributed by atoms with E-state index in [0.717, 1.165) is 24.8 Å². The Kier molecular flexibility index (Phi) is 7.00. The predicted molar refractivity (Wildman–Crippen MR) is 108 cm³/mol. The van der Waals surface area contributed by atoms with E-state index >= 15 is 0 Å². The standard InChI is InChI=1S/C22H32N2O5/c1-22(2,3)29-20(25)23-10-9-17-11-18-14-27-15-19(12-17)24(18)21(26)28-13-16-7-5-4-6-8-16/h4-8,17-19H,9-15H2,1-3H3,(H,23,25). The molecule has 1 aromatic rings. The number of carbonyl (C=O) groups is 2. The largest absolute Gasteiger partial charge is 0.445 e. The number of carbonyl (C=O) groups excluding carboxylic acids is 2. The summed E-state index contributed by atoms with van der Waals surface area (Å²) in [6.45, 7) is 7.46. The maximum atomic E-state index is 12.7. The Balaban J connectivity index is 1.46. The van der Waals surface area contributed by atoms with E-state index in [1.165, 1.54) is 0 Å². The van der Waals surface area contributed by atoms with Crippen molar-refractivity contribution < 1.29 is 23.8 Å². The SMILES string of the molecule is CC(C)(C)OC(=O)NCCC1CC2COCC(C1)N2C(=O)OCc1ccccc1. The van der Waals surface area contributed by atoms with Crippen molar-refractivity contribution in [3.8, 4) is 0 Å². The number of fused-ring (bicyclic) bond motifs is 2. The summed E-state index contributed by atoms with van der Waals surface area (Å²) in [7, 11) is 0. The van der Waals surface area contributed by atoms with Crippen LogP contribution in [0.25, 0.3) is 0 Å². The van der Waals surface area contributed by atoms with Crippen molar-refractivity contribution in [3.05, 3.63) is 35.9 Å². The van der Waals surface area contributed by atoms with Gasteiger partial charge in [-0.1, -0.05) is 30.3 Å². The first-order valence-electron chi connectivity index (χ1n) is 10.4. The fourth-order valence-corrected chi connectivity index (χ4v) is 4.05. The molecule has 2 amide bonds. The van der Waals surface area contributed by atoms with Crippen molar-refractivity contribution in [1.82, 2.24) is 10.2 Å². The molecule has 0 radical (unpaired) electrons. The number of piperidine rings is 1. The number of hydrogen-bond donors (Lipinski definition) is 1. The minimum absolute atomic E-state index is 0.0253. The minimum Gasteiger partial charge on any atom is -0.445 e. The number of nitrogens with zero attached hydrogens (tertiary/aromatic N) is 1. The summed E-state index contributed by atoms with van der Waals surface area (Å²) in [5, 5.41) is 2.83. The lowest BCUT2D eigenvalue weighted by Gasteiger charge is -2.47. The molecule has 2 saturated heterocycles. The van der Waals surface area contributed by atoms with Gasteiger partial charge in [0, 0.05) is 6.54 Å². The number of amides is 2. The van der Waals surface area contributed by atoms with Crippen LogP contribution in [0, 0.1) is 5.92 Å². The van der Waals surface area contributed by atoms with Crippen molar-refractivity contribution in [2.24, 2.45) is 5.92 Å². The molecule has 2 unspecified atom stereocenters. The first-order chi connectivity index (χ1) is 13.8. The van der Waals surface area contributed by atoms with Crippen LogP contribution < -0.4 is 5.32 Å². The van der Waals surface area contributed by atoms with Gasteiger partial charge in [-0.05, 0) is 51.5 Å². The minimum atomic E-state index is -0.496. The van der Waals surface area contributed by atoms with E-state index in [9.17, 15) is 9.59 Å². The summed E-state index contributed by atoms with van der Waals surface area (Å²) in [5.74, 6) is 0.432. The van der Waals surface area contributed by atoms with Gasteiger partial charge in [-0.15, -0.1) is 0 Å². The van der Waals surface area contributed by atoms with E-state index in [2.05, 4.69) is 5.32 Å². The van der Waals surface area contributed by atoms with Crippen LogP contribution in [0.4, 0.5) is 9.59 Å². The van der Waals surface area contributed by atoms with Crippen LogP contribution in [0.2, 0.25) is 0 Å². The molecule has 3 rings (SSSR count). The molecule has 1 aromatic carbocycles. The molecule has 29 heavy (non-hydrogen) atoms. The Morgan fingerprint density at radius 2 is 1.79 bits per heavy atom. The Morgan fingerprint density at radius 1 is 1.14 bits per heavy atom. The summed E-state index contributed by atoms with van der Waals surface area (Å²) in [4.78, 5) is 26.4. The van der Waals surface area contributed by atoms with Gasteiger partial charge in [-0.2, -0.15) is 0 Å². The van der Waals surface area contributed by atoms with E-state index in [-0.39, 0.29) is 30.9 Å². The van der Waals surface area contributed by atoms with Crippen molar-refractivity contribution in [1.29, 1.82) is 0 Å². The lowest BCUT2D eigenvalue weighted by Crippen LogP contribution is -2.59.